The van der Waals surface area contributed by atoms with Crippen molar-refractivity contribution in [1.82, 2.24) is 15.1 Å². The van der Waals surface area contributed by atoms with E-state index in [0.717, 1.165) is 25.4 Å². The summed E-state index contributed by atoms with van der Waals surface area (Å²) in [5, 5.41) is 8.48. The van der Waals surface area contributed by atoms with Crippen LogP contribution in [0.3, 0.4) is 0 Å². The van der Waals surface area contributed by atoms with E-state index in [1.165, 1.54) is 18.5 Å². The van der Waals surface area contributed by atoms with Crippen LogP contribution in [0.25, 0.3) is 0 Å². The number of nitrogens with zero attached hydrogens (tertiary/aromatic N) is 2. The summed E-state index contributed by atoms with van der Waals surface area (Å²) in [6, 6.07) is 3.48. The Bertz CT molecular complexity index is 420. The first-order chi connectivity index (χ1) is 9.44. The minimum atomic E-state index is 0.289. The molecule has 1 saturated carbocycles. The van der Waals surface area contributed by atoms with E-state index in [0.29, 0.717) is 12.0 Å². The molecule has 2 rings (SSSR count). The number of hydrogen-bond donors (Lipinski definition) is 1. The minimum absolute atomic E-state index is 0.289. The molecule has 0 amide bonds. The first-order valence-electron chi connectivity index (χ1n) is 8.22. The van der Waals surface area contributed by atoms with Crippen molar-refractivity contribution in [1.29, 1.82) is 0 Å². The van der Waals surface area contributed by atoms with E-state index in [1.807, 2.05) is 0 Å². The van der Waals surface area contributed by atoms with Gasteiger partial charge in [-0.25, -0.2) is 0 Å². The molecule has 1 aliphatic carbocycles. The molecule has 1 aromatic heterocycles. The van der Waals surface area contributed by atoms with Gasteiger partial charge < -0.3 is 5.32 Å². The summed E-state index contributed by atoms with van der Waals surface area (Å²) in [5.41, 5.74) is 1.52. The highest BCUT2D eigenvalue weighted by atomic mass is 15.3. The smallest absolute Gasteiger partial charge is 0.0630 e. The second-order valence-electron chi connectivity index (χ2n) is 7.19. The van der Waals surface area contributed by atoms with E-state index in [9.17, 15) is 0 Å². The van der Waals surface area contributed by atoms with Gasteiger partial charge in [0.2, 0.25) is 0 Å². The van der Waals surface area contributed by atoms with Crippen LogP contribution in [0.15, 0.2) is 12.3 Å². The summed E-state index contributed by atoms with van der Waals surface area (Å²) >= 11 is 0. The Kier molecular flexibility index (Phi) is 4.90. The van der Waals surface area contributed by atoms with E-state index in [2.05, 4.69) is 56.9 Å². The molecule has 0 bridgehead atoms. The van der Waals surface area contributed by atoms with E-state index in [4.69, 9.17) is 5.10 Å². The SMILES string of the molecule is CCC(C)n1ccc(CC(C)(CNC2CC2)C(C)C)n1. The Balaban J connectivity index is 2.00. The molecule has 3 heteroatoms. The van der Waals surface area contributed by atoms with Gasteiger partial charge in [-0.2, -0.15) is 5.10 Å². The van der Waals surface area contributed by atoms with Gasteiger partial charge in [0.25, 0.3) is 0 Å². The highest BCUT2D eigenvalue weighted by molar-refractivity contribution is 5.05. The summed E-state index contributed by atoms with van der Waals surface area (Å²) in [4.78, 5) is 0. The summed E-state index contributed by atoms with van der Waals surface area (Å²) in [5.74, 6) is 0.655. The third-order valence-corrected chi connectivity index (χ3v) is 5.06. The lowest BCUT2D eigenvalue weighted by molar-refractivity contribution is 0.204. The fourth-order valence-corrected chi connectivity index (χ4v) is 2.45. The molecule has 114 valence electrons. The van der Waals surface area contributed by atoms with E-state index >= 15 is 0 Å². The zero-order valence-corrected chi connectivity index (χ0v) is 13.8. The van der Waals surface area contributed by atoms with Crippen molar-refractivity contribution in [2.75, 3.05) is 6.54 Å². The van der Waals surface area contributed by atoms with Crippen molar-refractivity contribution >= 4 is 0 Å². The average Bonchev–Trinajstić information content (AvgIpc) is 3.14. The third-order valence-electron chi connectivity index (χ3n) is 5.06. The van der Waals surface area contributed by atoms with Crippen molar-refractivity contribution in [2.45, 2.75) is 72.4 Å². The number of aromatic nitrogens is 2. The molecule has 2 unspecified atom stereocenters. The highest BCUT2D eigenvalue weighted by Crippen LogP contribution is 2.32. The summed E-state index contributed by atoms with van der Waals surface area (Å²) in [6.07, 6.45) is 7.05. The molecule has 1 fully saturated rings. The molecule has 0 aliphatic heterocycles. The minimum Gasteiger partial charge on any atom is -0.313 e. The molecule has 2 atom stereocenters. The van der Waals surface area contributed by atoms with Crippen LogP contribution in [-0.4, -0.2) is 22.4 Å². The van der Waals surface area contributed by atoms with Crippen LogP contribution in [0.5, 0.6) is 0 Å². The Labute approximate surface area is 124 Å². The van der Waals surface area contributed by atoms with Crippen molar-refractivity contribution in [2.24, 2.45) is 11.3 Å². The molecule has 0 aromatic carbocycles. The molecule has 1 heterocycles. The zero-order valence-electron chi connectivity index (χ0n) is 13.8. The average molecular weight is 277 g/mol. The number of hydrogen-bond acceptors (Lipinski definition) is 2. The predicted octanol–water partition coefficient (Wildman–Crippen LogP) is 3.81. The standard InChI is InChI=1S/C17H31N3/c1-6-14(4)20-10-9-16(19-20)11-17(5,13(2)3)12-18-15-7-8-15/h9-10,13-15,18H,6-8,11-12H2,1-5H3. The topological polar surface area (TPSA) is 29.9 Å². The van der Waals surface area contributed by atoms with E-state index in [1.54, 1.807) is 0 Å². The Morgan fingerprint density at radius 2 is 2.10 bits per heavy atom. The molecule has 1 aliphatic rings. The molecule has 20 heavy (non-hydrogen) atoms. The zero-order chi connectivity index (χ0) is 14.8. The lowest BCUT2D eigenvalue weighted by Gasteiger charge is -2.33. The van der Waals surface area contributed by atoms with Crippen LogP contribution in [-0.2, 0) is 6.42 Å². The fourth-order valence-electron chi connectivity index (χ4n) is 2.45. The normalized spacial score (nSPS) is 20.1. The molecular formula is C17H31N3. The predicted molar refractivity (Wildman–Crippen MR) is 84.9 cm³/mol. The largest absolute Gasteiger partial charge is 0.313 e. The van der Waals surface area contributed by atoms with Crippen molar-refractivity contribution in [3.05, 3.63) is 18.0 Å². The summed E-state index contributed by atoms with van der Waals surface area (Å²) in [6.45, 7) is 12.6. The third kappa shape index (κ3) is 3.85. The molecule has 1 N–H and O–H groups in total. The van der Waals surface area contributed by atoms with Gasteiger partial charge in [-0.15, -0.1) is 0 Å². The maximum absolute atomic E-state index is 4.78. The highest BCUT2D eigenvalue weighted by Gasteiger charge is 2.32. The van der Waals surface area contributed by atoms with Crippen LogP contribution in [0.2, 0.25) is 0 Å². The van der Waals surface area contributed by atoms with E-state index in [-0.39, 0.29) is 5.41 Å². The van der Waals surface area contributed by atoms with Crippen LogP contribution in [0, 0.1) is 11.3 Å². The maximum atomic E-state index is 4.78. The fraction of sp³-hybridized carbons (Fsp3) is 0.824. The molecule has 0 spiro atoms. The van der Waals surface area contributed by atoms with Gasteiger partial charge in [-0.05, 0) is 50.0 Å². The lowest BCUT2D eigenvalue weighted by atomic mass is 9.75. The first-order valence-corrected chi connectivity index (χ1v) is 8.22. The number of nitrogens with one attached hydrogen (secondary N) is 1. The summed E-state index contributed by atoms with van der Waals surface area (Å²) < 4.78 is 2.12. The Morgan fingerprint density at radius 3 is 2.65 bits per heavy atom. The van der Waals surface area contributed by atoms with E-state index < -0.39 is 0 Å². The van der Waals surface area contributed by atoms with Crippen LogP contribution < -0.4 is 5.32 Å². The van der Waals surface area contributed by atoms with Gasteiger partial charge >= 0.3 is 0 Å². The van der Waals surface area contributed by atoms with Gasteiger partial charge in [-0.1, -0.05) is 27.7 Å². The van der Waals surface area contributed by atoms with Gasteiger partial charge in [0.15, 0.2) is 0 Å². The van der Waals surface area contributed by atoms with Gasteiger partial charge in [0.1, 0.15) is 0 Å². The molecule has 3 nitrogen and oxygen atoms in total. The molecular weight excluding hydrogens is 246 g/mol. The van der Waals surface area contributed by atoms with Crippen LogP contribution >= 0.6 is 0 Å². The lowest BCUT2D eigenvalue weighted by Crippen LogP contribution is -2.39. The van der Waals surface area contributed by atoms with Crippen molar-refractivity contribution < 1.29 is 0 Å². The summed E-state index contributed by atoms with van der Waals surface area (Å²) in [7, 11) is 0. The Morgan fingerprint density at radius 1 is 1.40 bits per heavy atom. The van der Waals surface area contributed by atoms with Gasteiger partial charge in [-0.3, -0.25) is 4.68 Å². The second kappa shape index (κ2) is 6.30. The van der Waals surface area contributed by atoms with Crippen molar-refractivity contribution in [3.8, 4) is 0 Å². The first kappa shape index (κ1) is 15.6. The maximum Gasteiger partial charge on any atom is 0.0630 e. The Hall–Kier alpha value is -0.830. The molecule has 0 saturated heterocycles. The van der Waals surface area contributed by atoms with Crippen LogP contribution in [0.4, 0.5) is 0 Å². The van der Waals surface area contributed by atoms with Gasteiger partial charge in [0, 0.05) is 24.8 Å². The van der Waals surface area contributed by atoms with Crippen LogP contribution in [0.1, 0.15) is 65.6 Å². The number of rotatable bonds is 8. The van der Waals surface area contributed by atoms with Crippen molar-refractivity contribution in [3.63, 3.8) is 0 Å². The van der Waals surface area contributed by atoms with Gasteiger partial charge in [0.05, 0.1) is 5.69 Å². The molecule has 1 aromatic rings. The quantitative estimate of drug-likeness (QED) is 0.783. The second-order valence-corrected chi connectivity index (χ2v) is 7.19. The molecule has 0 radical (unpaired) electrons. The monoisotopic (exact) mass is 277 g/mol.